The van der Waals surface area contributed by atoms with E-state index in [-0.39, 0.29) is 60.8 Å². The van der Waals surface area contributed by atoms with Crippen molar-refractivity contribution in [2.24, 2.45) is 0 Å². The van der Waals surface area contributed by atoms with E-state index in [9.17, 15) is 0 Å². The van der Waals surface area contributed by atoms with Gasteiger partial charge in [-0.3, -0.25) is 0 Å². The average molecular weight is 178 g/mol. The van der Waals surface area contributed by atoms with E-state index >= 15 is 0 Å². The Balaban J connectivity index is 0. The van der Waals surface area contributed by atoms with Crippen LogP contribution < -0.4 is 0 Å². The summed E-state index contributed by atoms with van der Waals surface area (Å²) in [7, 11) is 0. The van der Waals surface area contributed by atoms with Crippen molar-refractivity contribution in [2.75, 3.05) is 0 Å². The first-order valence-electron chi connectivity index (χ1n) is 0. The maximum absolute atomic E-state index is 0. The molecule has 0 fully saturated rings. The number of hydrogen-bond acceptors (Lipinski definition) is 0. The summed E-state index contributed by atoms with van der Waals surface area (Å²) >= 11 is 0. The van der Waals surface area contributed by atoms with E-state index in [0.29, 0.717) is 0 Å². The second kappa shape index (κ2) is 22.0. The maximum atomic E-state index is 0. The fourth-order valence-corrected chi connectivity index (χ4v) is 0. The molecule has 0 saturated heterocycles. The van der Waals surface area contributed by atoms with Crippen molar-refractivity contribution in [3.05, 3.63) is 0 Å². The minimum atomic E-state index is 0. The molecular formula is CoMnS2. The third kappa shape index (κ3) is 9.29. The normalized spacial score (nSPS) is 0. The van der Waals surface area contributed by atoms with E-state index < -0.39 is 0 Å². The zero-order valence-corrected chi connectivity index (χ0v) is 5.38. The van der Waals surface area contributed by atoms with E-state index in [1.54, 1.807) is 0 Å². The number of rotatable bonds is 0. The van der Waals surface area contributed by atoms with Crippen LogP contribution in [0.25, 0.3) is 0 Å². The van der Waals surface area contributed by atoms with Gasteiger partial charge in [-0.2, -0.15) is 0 Å². The fraction of sp³-hybridized carbons (Fsp3) is 0. The first-order chi connectivity index (χ1) is 0. The van der Waals surface area contributed by atoms with Crippen LogP contribution in [0.2, 0.25) is 0 Å². The van der Waals surface area contributed by atoms with Gasteiger partial charge in [0.25, 0.3) is 0 Å². The summed E-state index contributed by atoms with van der Waals surface area (Å²) in [6.07, 6.45) is 0. The number of hydrogen-bond donors (Lipinski definition) is 0. The summed E-state index contributed by atoms with van der Waals surface area (Å²) in [5, 5.41) is 0. The van der Waals surface area contributed by atoms with E-state index in [1.165, 1.54) is 0 Å². The summed E-state index contributed by atoms with van der Waals surface area (Å²) in [4.78, 5) is 0. The van der Waals surface area contributed by atoms with Crippen molar-refractivity contribution < 1.29 is 33.8 Å². The van der Waals surface area contributed by atoms with Gasteiger partial charge in [0.15, 0.2) is 0 Å². The largest absolute Gasteiger partial charge is 2.00 e. The van der Waals surface area contributed by atoms with Gasteiger partial charge in [-0.25, -0.2) is 0 Å². The Labute approximate surface area is 60.7 Å². The van der Waals surface area contributed by atoms with Crippen LogP contribution in [0.1, 0.15) is 0 Å². The van der Waals surface area contributed by atoms with Gasteiger partial charge in [-0.1, -0.05) is 0 Å². The van der Waals surface area contributed by atoms with Crippen molar-refractivity contribution in [3.8, 4) is 0 Å². The van der Waals surface area contributed by atoms with Crippen molar-refractivity contribution in [1.29, 1.82) is 0 Å². The van der Waals surface area contributed by atoms with Crippen LogP contribution in [0, 0.1) is 0 Å². The summed E-state index contributed by atoms with van der Waals surface area (Å²) < 4.78 is 0. The van der Waals surface area contributed by atoms with Crippen molar-refractivity contribution in [2.45, 2.75) is 0 Å². The van der Waals surface area contributed by atoms with Gasteiger partial charge in [-0.15, -0.1) is 0 Å². The molecule has 28 valence electrons. The Morgan fingerprint density at radius 1 is 0.750 bits per heavy atom. The van der Waals surface area contributed by atoms with Crippen LogP contribution in [0.4, 0.5) is 0 Å². The van der Waals surface area contributed by atoms with Crippen LogP contribution in [0.3, 0.4) is 0 Å². The molecule has 0 aliphatic heterocycles. The Hall–Kier alpha value is 1.73. The third-order valence-corrected chi connectivity index (χ3v) is 0. The molecule has 0 spiro atoms. The molecular weight excluding hydrogens is 178 g/mol. The predicted molar refractivity (Wildman–Crippen MR) is 14.7 cm³/mol. The SMILES string of the molecule is [Co+2].[Mn+2].[S-2].[S-2]. The molecule has 4 heteroatoms. The van der Waals surface area contributed by atoms with Gasteiger partial charge in [0.05, 0.1) is 0 Å². The Morgan fingerprint density at radius 3 is 0.750 bits per heavy atom. The van der Waals surface area contributed by atoms with E-state index in [4.69, 9.17) is 0 Å². The molecule has 0 atom stereocenters. The van der Waals surface area contributed by atoms with Crippen LogP contribution in [-0.4, -0.2) is 0 Å². The van der Waals surface area contributed by atoms with E-state index in [1.807, 2.05) is 0 Å². The van der Waals surface area contributed by atoms with Gasteiger partial charge < -0.3 is 27.0 Å². The predicted octanol–water partition coefficient (Wildman–Crippen LogP) is -0.00980. The standard InChI is InChI=1S/Co.Mn.2S/q2*+2;2*-2. The molecule has 0 rings (SSSR count). The van der Waals surface area contributed by atoms with Crippen molar-refractivity contribution in [1.82, 2.24) is 0 Å². The van der Waals surface area contributed by atoms with Gasteiger partial charge in [-0.05, 0) is 0 Å². The Morgan fingerprint density at radius 2 is 0.750 bits per heavy atom. The van der Waals surface area contributed by atoms with Crippen LogP contribution in [0.5, 0.6) is 0 Å². The maximum Gasteiger partial charge on any atom is 2.00 e. The molecule has 0 aromatic rings. The summed E-state index contributed by atoms with van der Waals surface area (Å²) in [6.45, 7) is 0. The van der Waals surface area contributed by atoms with Crippen LogP contribution >= 0.6 is 0 Å². The summed E-state index contributed by atoms with van der Waals surface area (Å²) in [5.41, 5.74) is 0. The zero-order chi connectivity index (χ0) is 0. The molecule has 0 aliphatic rings. The first kappa shape index (κ1) is 42.9. The molecule has 0 bridgehead atoms. The molecule has 0 N–H and O–H groups in total. The summed E-state index contributed by atoms with van der Waals surface area (Å²) in [6, 6.07) is 0. The molecule has 2 radical (unpaired) electrons. The average Bonchev–Trinajstić information content (AvgIpc) is 0. The molecule has 0 aromatic carbocycles. The zero-order valence-electron chi connectivity index (χ0n) is 1.53. The first-order valence-corrected chi connectivity index (χ1v) is 0. The van der Waals surface area contributed by atoms with Crippen molar-refractivity contribution in [3.63, 3.8) is 0 Å². The minimum Gasteiger partial charge on any atom is -2.00 e. The Kier molecular flexibility index (Phi) is 236. The smallest absolute Gasteiger partial charge is 2.00 e. The molecule has 0 saturated carbocycles. The van der Waals surface area contributed by atoms with E-state index in [2.05, 4.69) is 0 Å². The molecule has 0 amide bonds. The third-order valence-electron chi connectivity index (χ3n) is 0. The minimum absolute atomic E-state index is 0. The molecule has 0 nitrogen and oxygen atoms in total. The van der Waals surface area contributed by atoms with Gasteiger partial charge in [0.2, 0.25) is 0 Å². The van der Waals surface area contributed by atoms with Gasteiger partial charge in [0, 0.05) is 0 Å². The fourth-order valence-electron chi connectivity index (χ4n) is 0. The molecule has 0 aromatic heterocycles. The Bertz CT molecular complexity index is 6.00. The van der Waals surface area contributed by atoms with Crippen molar-refractivity contribution >= 4 is 27.0 Å². The topological polar surface area (TPSA) is 0 Å². The summed E-state index contributed by atoms with van der Waals surface area (Å²) in [5.74, 6) is 0. The molecule has 0 unspecified atom stereocenters. The van der Waals surface area contributed by atoms with Crippen LogP contribution in [-0.2, 0) is 60.8 Å². The second-order valence-corrected chi connectivity index (χ2v) is 0. The van der Waals surface area contributed by atoms with E-state index in [0.717, 1.165) is 0 Å². The van der Waals surface area contributed by atoms with Gasteiger partial charge >= 0.3 is 33.8 Å². The quantitative estimate of drug-likeness (QED) is 0.457. The monoisotopic (exact) mass is 178 g/mol. The van der Waals surface area contributed by atoms with Gasteiger partial charge in [0.1, 0.15) is 0 Å². The molecule has 0 aliphatic carbocycles. The van der Waals surface area contributed by atoms with Crippen LogP contribution in [0.15, 0.2) is 0 Å². The second-order valence-electron chi connectivity index (χ2n) is 0. The molecule has 4 heavy (non-hydrogen) atoms. The molecule has 0 heterocycles.